The van der Waals surface area contributed by atoms with Crippen molar-refractivity contribution in [3.8, 4) is 11.3 Å². The minimum Gasteiger partial charge on any atom is -0.477 e. The Bertz CT molecular complexity index is 1670. The molecule has 0 bridgehead atoms. The third kappa shape index (κ3) is 6.43. The Hall–Kier alpha value is -3.38. The predicted octanol–water partition coefficient (Wildman–Crippen LogP) is 4.79. The number of alkyl halides is 5. The molecule has 5 rings (SSSR count). The fourth-order valence-electron chi connectivity index (χ4n) is 3.81. The molecule has 0 spiro atoms. The third-order valence-corrected chi connectivity index (χ3v) is 9.58. The molecule has 0 radical (unpaired) electrons. The van der Waals surface area contributed by atoms with Crippen LogP contribution in [0.2, 0.25) is 4.34 Å². The van der Waals surface area contributed by atoms with Crippen LogP contribution in [-0.2, 0) is 16.2 Å². The van der Waals surface area contributed by atoms with Gasteiger partial charge >= 0.3 is 12.1 Å². The first kappa shape index (κ1) is 30.6. The van der Waals surface area contributed by atoms with Crippen molar-refractivity contribution in [2.75, 3.05) is 18.8 Å². The normalized spacial score (nSPS) is 16.2. The SMILES string of the molecule is Nc1cc(S(=O)(=O)N2CCC(O)C2)sc1Cl.O=C(O)c1cnn2c(C(F)F)cc(-c3ccc(C(F)(F)F)cc3)nc12. The van der Waals surface area contributed by atoms with Crippen LogP contribution >= 0.6 is 22.9 Å². The number of hydrogen-bond donors (Lipinski definition) is 3. The van der Waals surface area contributed by atoms with Crippen LogP contribution in [0.25, 0.3) is 16.9 Å². The maximum atomic E-state index is 13.2. The number of thiophene rings is 1. The van der Waals surface area contributed by atoms with Crippen LogP contribution in [0.1, 0.15) is 34.5 Å². The van der Waals surface area contributed by atoms with Gasteiger partial charge in [-0.15, -0.1) is 11.3 Å². The van der Waals surface area contributed by atoms with Gasteiger partial charge in [0.2, 0.25) is 0 Å². The van der Waals surface area contributed by atoms with Gasteiger partial charge < -0.3 is 15.9 Å². The van der Waals surface area contributed by atoms with Gasteiger partial charge in [-0.3, -0.25) is 0 Å². The number of β-amino-alcohol motifs (C(OH)–C–C–N with tert-alkyl or cyclic N) is 1. The summed E-state index contributed by atoms with van der Waals surface area (Å²) >= 11 is 6.67. The van der Waals surface area contributed by atoms with E-state index in [0.29, 0.717) is 17.5 Å². The van der Waals surface area contributed by atoms with E-state index in [0.717, 1.165) is 47.9 Å². The average Bonchev–Trinajstić information content (AvgIpc) is 3.62. The lowest BCUT2D eigenvalue weighted by Crippen LogP contribution is -2.29. The number of nitrogens with two attached hydrogens (primary N) is 1. The minimum absolute atomic E-state index is 0.0838. The molecule has 1 aliphatic heterocycles. The van der Waals surface area contributed by atoms with Crippen molar-refractivity contribution >= 4 is 50.3 Å². The monoisotopic (exact) mass is 639 g/mol. The Labute approximate surface area is 237 Å². The van der Waals surface area contributed by atoms with Crippen molar-refractivity contribution in [1.82, 2.24) is 18.9 Å². The van der Waals surface area contributed by atoms with Gasteiger partial charge in [-0.25, -0.2) is 31.5 Å². The first-order chi connectivity index (χ1) is 19.1. The van der Waals surface area contributed by atoms with E-state index in [9.17, 15) is 40.3 Å². The van der Waals surface area contributed by atoms with Crippen molar-refractivity contribution in [2.45, 2.75) is 29.3 Å². The number of nitrogen functional groups attached to an aromatic ring is 1. The minimum atomic E-state index is -4.54. The van der Waals surface area contributed by atoms with Gasteiger partial charge in [0, 0.05) is 18.7 Å². The smallest absolute Gasteiger partial charge is 0.416 e. The fourth-order valence-corrected chi connectivity index (χ4v) is 7.03. The van der Waals surface area contributed by atoms with Crippen LogP contribution < -0.4 is 5.73 Å². The first-order valence-electron chi connectivity index (χ1n) is 11.4. The van der Waals surface area contributed by atoms with Crippen LogP contribution in [0.15, 0.2) is 46.8 Å². The van der Waals surface area contributed by atoms with Gasteiger partial charge in [0.15, 0.2) is 5.65 Å². The zero-order valence-electron chi connectivity index (χ0n) is 20.4. The van der Waals surface area contributed by atoms with Crippen LogP contribution in [-0.4, -0.2) is 62.7 Å². The topological polar surface area (TPSA) is 151 Å². The van der Waals surface area contributed by atoms with E-state index < -0.39 is 51.5 Å². The number of carboxylic acid groups (broad SMARTS) is 1. The summed E-state index contributed by atoms with van der Waals surface area (Å²) in [4.78, 5) is 15.1. The van der Waals surface area contributed by atoms with Gasteiger partial charge in [0.1, 0.15) is 19.8 Å². The third-order valence-electron chi connectivity index (χ3n) is 5.87. The van der Waals surface area contributed by atoms with E-state index in [1.807, 2.05) is 0 Å². The summed E-state index contributed by atoms with van der Waals surface area (Å²) in [6.45, 7) is 0.469. The summed E-state index contributed by atoms with van der Waals surface area (Å²) in [5.74, 6) is -1.41. The van der Waals surface area contributed by atoms with E-state index in [-0.39, 0.29) is 37.7 Å². The molecule has 1 fully saturated rings. The predicted molar refractivity (Wildman–Crippen MR) is 138 cm³/mol. The van der Waals surface area contributed by atoms with Crippen LogP contribution in [0.4, 0.5) is 27.6 Å². The van der Waals surface area contributed by atoms with Crippen molar-refractivity contribution in [3.63, 3.8) is 0 Å². The fraction of sp³-hybridized carbons (Fsp3) is 0.261. The first-order valence-corrected chi connectivity index (χ1v) is 14.0. The Morgan fingerprint density at radius 2 is 1.85 bits per heavy atom. The summed E-state index contributed by atoms with van der Waals surface area (Å²) in [6.07, 6.45) is -6.75. The zero-order valence-corrected chi connectivity index (χ0v) is 22.8. The molecule has 0 aliphatic carbocycles. The van der Waals surface area contributed by atoms with E-state index in [2.05, 4.69) is 10.1 Å². The second-order valence-corrected chi connectivity index (χ2v) is 12.5. The number of aromatic carboxylic acids is 1. The highest BCUT2D eigenvalue weighted by Gasteiger charge is 2.33. The molecule has 1 aliphatic rings. The molecule has 4 aromatic rings. The quantitative estimate of drug-likeness (QED) is 0.264. The summed E-state index contributed by atoms with van der Waals surface area (Å²) in [5, 5.41) is 22.0. The Kier molecular flexibility index (Phi) is 8.56. The number of carboxylic acids is 1. The zero-order chi connectivity index (χ0) is 30.3. The molecule has 18 heteroatoms. The Morgan fingerprint density at radius 1 is 1.20 bits per heavy atom. The maximum Gasteiger partial charge on any atom is 0.416 e. The highest BCUT2D eigenvalue weighted by Crippen LogP contribution is 2.35. The van der Waals surface area contributed by atoms with Gasteiger partial charge in [0.25, 0.3) is 16.4 Å². The molecule has 3 aromatic heterocycles. The van der Waals surface area contributed by atoms with E-state index in [1.165, 1.54) is 10.4 Å². The maximum absolute atomic E-state index is 13.2. The number of carbonyl (C=O) groups is 1. The molecule has 4 heterocycles. The molecule has 220 valence electrons. The molecular formula is C23H19ClF5N5O5S2. The molecule has 1 atom stereocenters. The van der Waals surface area contributed by atoms with E-state index in [1.54, 1.807) is 0 Å². The van der Waals surface area contributed by atoms with E-state index in [4.69, 9.17) is 22.4 Å². The number of fused-ring (bicyclic) bond motifs is 1. The van der Waals surface area contributed by atoms with E-state index >= 15 is 0 Å². The molecule has 10 nitrogen and oxygen atoms in total. The summed E-state index contributed by atoms with van der Waals surface area (Å²) in [6, 6.07) is 6.04. The largest absolute Gasteiger partial charge is 0.477 e. The van der Waals surface area contributed by atoms with Crippen LogP contribution in [0, 0.1) is 0 Å². The summed E-state index contributed by atoms with van der Waals surface area (Å²) in [7, 11) is -3.55. The number of rotatable bonds is 5. The standard InChI is InChI=1S/C15H8F5N3O2.C8H11ClN2O3S2/c16-12(17)11-5-10(7-1-3-8(4-2-7)15(18,19)20)22-13-9(14(24)25)6-21-23(11)13;9-8-6(10)3-7(15-8)16(13,14)11-2-1-5(12)4-11/h1-6,12H,(H,24,25);3,5,12H,1-2,4,10H2. The van der Waals surface area contributed by atoms with Crippen molar-refractivity contribution in [2.24, 2.45) is 0 Å². The molecular weight excluding hydrogens is 621 g/mol. The molecule has 1 saturated heterocycles. The molecule has 0 amide bonds. The number of aliphatic hydroxyl groups is 1. The number of aliphatic hydroxyl groups excluding tert-OH is 1. The van der Waals surface area contributed by atoms with Crippen molar-refractivity contribution < 1.29 is 45.4 Å². The van der Waals surface area contributed by atoms with Crippen LogP contribution in [0.3, 0.4) is 0 Å². The van der Waals surface area contributed by atoms with Gasteiger partial charge in [-0.1, -0.05) is 23.7 Å². The van der Waals surface area contributed by atoms with Crippen molar-refractivity contribution in [3.05, 3.63) is 63.8 Å². The van der Waals surface area contributed by atoms with Gasteiger partial charge in [0.05, 0.1) is 29.2 Å². The second kappa shape index (κ2) is 11.5. The number of aromatic nitrogens is 3. The highest BCUT2D eigenvalue weighted by atomic mass is 35.5. The number of benzene rings is 1. The number of hydrogen-bond acceptors (Lipinski definition) is 8. The molecule has 1 unspecified atom stereocenters. The molecule has 0 saturated carbocycles. The second-order valence-electron chi connectivity index (χ2n) is 8.64. The summed E-state index contributed by atoms with van der Waals surface area (Å²) in [5.41, 5.74) is 3.60. The lowest BCUT2D eigenvalue weighted by molar-refractivity contribution is -0.137. The number of sulfonamides is 1. The van der Waals surface area contributed by atoms with Crippen molar-refractivity contribution in [1.29, 1.82) is 0 Å². The highest BCUT2D eigenvalue weighted by molar-refractivity contribution is 7.91. The van der Waals surface area contributed by atoms with Gasteiger partial charge in [-0.05, 0) is 30.7 Å². The number of halogens is 6. The molecule has 4 N–H and O–H groups in total. The lowest BCUT2D eigenvalue weighted by atomic mass is 10.1. The lowest BCUT2D eigenvalue weighted by Gasteiger charge is -2.13. The Balaban J connectivity index is 0.000000208. The molecule has 1 aromatic carbocycles. The van der Waals surface area contributed by atoms with Crippen LogP contribution in [0.5, 0.6) is 0 Å². The molecule has 41 heavy (non-hydrogen) atoms. The number of nitrogens with zero attached hydrogens (tertiary/aromatic N) is 4. The number of anilines is 1. The average molecular weight is 640 g/mol. The summed E-state index contributed by atoms with van der Waals surface area (Å²) < 4.78 is 90.8. The van der Waals surface area contributed by atoms with Gasteiger partial charge in [-0.2, -0.15) is 22.6 Å². The Morgan fingerprint density at radius 3 is 2.34 bits per heavy atom.